The summed E-state index contributed by atoms with van der Waals surface area (Å²) in [4.78, 5) is 0. The normalized spacial score (nSPS) is 11.9. The van der Waals surface area contributed by atoms with Gasteiger partial charge in [0.25, 0.3) is 15.9 Å². The summed E-state index contributed by atoms with van der Waals surface area (Å²) in [7, 11) is -3.90. The molecular formula is C16H13BrN2O4S. The number of anilines is 1. The fourth-order valence-corrected chi connectivity index (χ4v) is 3.22. The Hall–Kier alpha value is -2.32. The highest BCUT2D eigenvalue weighted by atomic mass is 79.9. The zero-order chi connectivity index (χ0) is 17.2. The van der Waals surface area contributed by atoms with Gasteiger partial charge in [-0.15, -0.1) is 0 Å². The van der Waals surface area contributed by atoms with Gasteiger partial charge in [0.05, 0.1) is 5.69 Å². The van der Waals surface area contributed by atoms with Crippen molar-refractivity contribution in [3.05, 3.63) is 64.0 Å². The summed E-state index contributed by atoms with van der Waals surface area (Å²) in [5.74, 6) is 0.428. The number of halogens is 1. The van der Waals surface area contributed by atoms with Gasteiger partial charge in [0, 0.05) is 0 Å². The third-order valence-electron chi connectivity index (χ3n) is 3.12. The number of aromatic nitrogens is 1. The van der Waals surface area contributed by atoms with Gasteiger partial charge in [0.15, 0.2) is 0 Å². The average molecular weight is 409 g/mol. The molecule has 24 heavy (non-hydrogen) atoms. The van der Waals surface area contributed by atoms with Crippen LogP contribution in [-0.2, 0) is 10.0 Å². The third kappa shape index (κ3) is 3.60. The van der Waals surface area contributed by atoms with E-state index in [1.54, 1.807) is 19.1 Å². The quantitative estimate of drug-likeness (QED) is 0.679. The molecule has 2 heterocycles. The molecule has 0 atom stereocenters. The number of furan rings is 1. The molecule has 0 fully saturated rings. The van der Waals surface area contributed by atoms with Gasteiger partial charge in [-0.1, -0.05) is 41.6 Å². The number of sulfonamides is 1. The van der Waals surface area contributed by atoms with Crippen molar-refractivity contribution in [1.29, 1.82) is 0 Å². The first kappa shape index (κ1) is 16.5. The predicted molar refractivity (Wildman–Crippen MR) is 93.8 cm³/mol. The molecule has 0 saturated carbocycles. The third-order valence-corrected chi connectivity index (χ3v) is 5.26. The van der Waals surface area contributed by atoms with Crippen molar-refractivity contribution in [2.45, 2.75) is 12.0 Å². The Balaban J connectivity index is 1.79. The molecule has 1 N–H and O–H groups in total. The van der Waals surface area contributed by atoms with Gasteiger partial charge in [-0.2, -0.15) is 8.42 Å². The Kier molecular flexibility index (Phi) is 4.59. The molecule has 0 aliphatic heterocycles. The van der Waals surface area contributed by atoms with Gasteiger partial charge in [-0.05, 0) is 46.6 Å². The molecule has 124 valence electrons. The molecular weight excluding hydrogens is 396 g/mol. The molecule has 0 aliphatic rings. The average Bonchev–Trinajstić information content (AvgIpc) is 3.17. The summed E-state index contributed by atoms with van der Waals surface area (Å²) in [6.07, 6.45) is 3.53. The van der Waals surface area contributed by atoms with E-state index in [1.165, 1.54) is 6.07 Å². The summed E-state index contributed by atoms with van der Waals surface area (Å²) in [6, 6.07) is 12.6. The fraction of sp³-hybridized carbons (Fsp3) is 0.0625. The molecule has 8 heteroatoms. The monoisotopic (exact) mass is 408 g/mol. The topological polar surface area (TPSA) is 85.3 Å². The molecule has 0 radical (unpaired) electrons. The molecule has 0 aliphatic carbocycles. The highest BCUT2D eigenvalue weighted by Gasteiger charge is 2.22. The highest BCUT2D eigenvalue weighted by Crippen LogP contribution is 2.28. The van der Waals surface area contributed by atoms with Gasteiger partial charge >= 0.3 is 0 Å². The Morgan fingerprint density at radius 1 is 1.12 bits per heavy atom. The number of nitrogens with one attached hydrogen (secondary N) is 1. The first-order valence-corrected chi connectivity index (χ1v) is 9.21. The fourth-order valence-electron chi connectivity index (χ4n) is 1.91. The Bertz CT molecular complexity index is 975. The molecule has 0 saturated heterocycles. The van der Waals surface area contributed by atoms with Gasteiger partial charge in [-0.25, -0.2) is 4.72 Å². The zero-order valence-corrected chi connectivity index (χ0v) is 15.0. The summed E-state index contributed by atoms with van der Waals surface area (Å²) in [5, 5.41) is 3.46. The largest absolute Gasteiger partial charge is 0.443 e. The second-order valence-corrected chi connectivity index (χ2v) is 7.32. The van der Waals surface area contributed by atoms with E-state index in [2.05, 4.69) is 25.8 Å². The number of hydrogen-bond donors (Lipinski definition) is 1. The van der Waals surface area contributed by atoms with E-state index in [1.807, 2.05) is 36.4 Å². The lowest BCUT2D eigenvalue weighted by molar-refractivity contribution is 0.426. The highest BCUT2D eigenvalue weighted by molar-refractivity contribution is 9.10. The van der Waals surface area contributed by atoms with E-state index in [-0.39, 0.29) is 11.0 Å². The van der Waals surface area contributed by atoms with E-state index in [9.17, 15) is 8.42 Å². The van der Waals surface area contributed by atoms with Crippen LogP contribution in [0.15, 0.2) is 61.0 Å². The molecule has 0 unspecified atom stereocenters. The van der Waals surface area contributed by atoms with Crippen molar-refractivity contribution in [3.8, 4) is 0 Å². The minimum absolute atomic E-state index is 0.00489. The summed E-state index contributed by atoms with van der Waals surface area (Å²) in [6.45, 7) is 1.69. The number of benzene rings is 1. The second-order valence-electron chi connectivity index (χ2n) is 4.92. The van der Waals surface area contributed by atoms with Crippen LogP contribution in [-0.4, -0.2) is 13.6 Å². The number of nitrogens with zero attached hydrogens (tertiary/aromatic N) is 1. The van der Waals surface area contributed by atoms with E-state index in [0.29, 0.717) is 15.9 Å². The summed E-state index contributed by atoms with van der Waals surface area (Å²) in [5.41, 5.74) is 1.52. The molecule has 2 aromatic heterocycles. The second kappa shape index (κ2) is 6.66. The van der Waals surface area contributed by atoms with Crippen molar-refractivity contribution >= 4 is 44.0 Å². The number of rotatable bonds is 5. The first-order chi connectivity index (χ1) is 11.5. The van der Waals surface area contributed by atoms with Crippen molar-refractivity contribution in [3.63, 3.8) is 0 Å². The maximum Gasteiger partial charge on any atom is 0.297 e. The van der Waals surface area contributed by atoms with Gasteiger partial charge in [0.1, 0.15) is 10.2 Å². The summed E-state index contributed by atoms with van der Waals surface area (Å²) >= 11 is 3.21. The molecule has 3 rings (SSSR count). The van der Waals surface area contributed by atoms with E-state index in [4.69, 9.17) is 8.94 Å². The zero-order valence-electron chi connectivity index (χ0n) is 12.6. The molecule has 0 amide bonds. The maximum absolute atomic E-state index is 12.3. The molecule has 0 bridgehead atoms. The van der Waals surface area contributed by atoms with Crippen LogP contribution in [0.4, 0.5) is 5.88 Å². The van der Waals surface area contributed by atoms with Crippen LogP contribution in [0.3, 0.4) is 0 Å². The van der Waals surface area contributed by atoms with Crippen LogP contribution in [0.5, 0.6) is 0 Å². The minimum Gasteiger partial charge on any atom is -0.443 e. The smallest absolute Gasteiger partial charge is 0.297 e. The van der Waals surface area contributed by atoms with E-state index in [0.717, 1.165) is 5.56 Å². The lowest BCUT2D eigenvalue weighted by Crippen LogP contribution is -2.11. The minimum atomic E-state index is -3.90. The van der Waals surface area contributed by atoms with E-state index >= 15 is 0 Å². The van der Waals surface area contributed by atoms with Crippen LogP contribution in [0.25, 0.3) is 12.2 Å². The molecule has 0 spiro atoms. The van der Waals surface area contributed by atoms with Gasteiger partial charge < -0.3 is 8.94 Å². The molecule has 1 aromatic carbocycles. The van der Waals surface area contributed by atoms with Crippen molar-refractivity contribution in [1.82, 2.24) is 5.16 Å². The lowest BCUT2D eigenvalue weighted by atomic mass is 10.2. The Morgan fingerprint density at radius 3 is 2.54 bits per heavy atom. The first-order valence-electron chi connectivity index (χ1n) is 6.93. The molecule has 6 nitrogen and oxygen atoms in total. The van der Waals surface area contributed by atoms with Crippen LogP contribution in [0.1, 0.15) is 17.0 Å². The standard InChI is InChI=1S/C16H13BrN2O4S/c1-11-15(17)16(23-18-11)19-24(20,21)14-10-9-13(22-14)8-7-12-5-3-2-4-6-12/h2-10,19H,1H3. The number of aryl methyl sites for hydroxylation is 1. The van der Waals surface area contributed by atoms with Crippen molar-refractivity contribution < 1.29 is 17.4 Å². The predicted octanol–water partition coefficient (Wildman–Crippen LogP) is 4.31. The summed E-state index contributed by atoms with van der Waals surface area (Å²) < 4.78 is 37.7. The van der Waals surface area contributed by atoms with Crippen LogP contribution < -0.4 is 4.72 Å². The van der Waals surface area contributed by atoms with Crippen LogP contribution in [0.2, 0.25) is 0 Å². The molecule has 3 aromatic rings. The van der Waals surface area contributed by atoms with Crippen molar-refractivity contribution in [2.75, 3.05) is 4.72 Å². The lowest BCUT2D eigenvalue weighted by Gasteiger charge is -2.01. The van der Waals surface area contributed by atoms with Crippen LogP contribution >= 0.6 is 15.9 Å². The maximum atomic E-state index is 12.3. The number of hydrogen-bond acceptors (Lipinski definition) is 5. The van der Waals surface area contributed by atoms with E-state index < -0.39 is 10.0 Å². The Morgan fingerprint density at radius 2 is 1.88 bits per heavy atom. The van der Waals surface area contributed by atoms with Crippen molar-refractivity contribution in [2.24, 2.45) is 0 Å². The van der Waals surface area contributed by atoms with Gasteiger partial charge in [-0.3, -0.25) is 0 Å². The van der Waals surface area contributed by atoms with Gasteiger partial charge in [0.2, 0.25) is 5.09 Å². The SMILES string of the molecule is Cc1noc(NS(=O)(=O)c2ccc(C=Cc3ccccc3)o2)c1Br. The Labute approximate surface area is 147 Å². The van der Waals surface area contributed by atoms with Crippen LogP contribution in [0, 0.1) is 6.92 Å².